The van der Waals surface area contributed by atoms with Gasteiger partial charge in [0, 0.05) is 16.8 Å². The first kappa shape index (κ1) is 12.1. The van der Waals surface area contributed by atoms with Crippen LogP contribution >= 0.6 is 11.6 Å². The van der Waals surface area contributed by atoms with E-state index in [1.165, 1.54) is 6.07 Å². The summed E-state index contributed by atoms with van der Waals surface area (Å²) in [5.74, 6) is -0.312. The summed E-state index contributed by atoms with van der Waals surface area (Å²) in [5.41, 5.74) is 6.95. The van der Waals surface area contributed by atoms with E-state index in [2.05, 4.69) is 5.10 Å². The van der Waals surface area contributed by atoms with Crippen molar-refractivity contribution in [1.82, 2.24) is 9.78 Å². The van der Waals surface area contributed by atoms with Crippen molar-refractivity contribution in [1.29, 1.82) is 0 Å². The Morgan fingerprint density at radius 1 is 1.41 bits per heavy atom. The van der Waals surface area contributed by atoms with Crippen LogP contribution in [0.4, 0.5) is 4.39 Å². The van der Waals surface area contributed by atoms with E-state index in [9.17, 15) is 4.39 Å². The molecule has 2 rings (SSSR count). The van der Waals surface area contributed by atoms with Gasteiger partial charge in [0.15, 0.2) is 0 Å². The van der Waals surface area contributed by atoms with E-state index < -0.39 is 0 Å². The van der Waals surface area contributed by atoms with Crippen LogP contribution < -0.4 is 5.73 Å². The molecule has 1 aromatic carbocycles. The molecule has 0 aliphatic carbocycles. The Morgan fingerprint density at radius 3 is 2.94 bits per heavy atom. The third kappa shape index (κ3) is 2.84. The van der Waals surface area contributed by atoms with Crippen molar-refractivity contribution in [2.45, 2.75) is 13.0 Å². The van der Waals surface area contributed by atoms with Gasteiger partial charge in [0.1, 0.15) is 5.82 Å². The molecule has 0 amide bonds. The van der Waals surface area contributed by atoms with Crippen LogP contribution in [0.25, 0.3) is 0 Å². The predicted molar refractivity (Wildman–Crippen MR) is 65.5 cm³/mol. The van der Waals surface area contributed by atoms with Gasteiger partial charge in [-0.15, -0.1) is 0 Å². The van der Waals surface area contributed by atoms with Crippen LogP contribution in [0.1, 0.15) is 11.1 Å². The standard InChI is InChI=1S/C12H13ClFN3/c13-11-2-1-3-12(14)10(11)8-17-7-9(4-5-15)6-16-17/h1-3,6-7H,4-5,8,15H2. The Balaban J connectivity index is 2.19. The molecule has 90 valence electrons. The van der Waals surface area contributed by atoms with Gasteiger partial charge in [0.05, 0.1) is 12.7 Å². The number of aromatic nitrogens is 2. The lowest BCUT2D eigenvalue weighted by atomic mass is 10.2. The topological polar surface area (TPSA) is 43.8 Å². The molecule has 0 aliphatic rings. The highest BCUT2D eigenvalue weighted by molar-refractivity contribution is 6.31. The number of hydrogen-bond acceptors (Lipinski definition) is 2. The molecule has 3 nitrogen and oxygen atoms in total. The summed E-state index contributed by atoms with van der Waals surface area (Å²) in [7, 11) is 0. The molecule has 0 aliphatic heterocycles. The Bertz CT molecular complexity index is 490. The van der Waals surface area contributed by atoms with E-state index in [-0.39, 0.29) is 5.82 Å². The molecule has 0 spiro atoms. The Labute approximate surface area is 104 Å². The van der Waals surface area contributed by atoms with Crippen LogP contribution in [0.3, 0.4) is 0 Å². The van der Waals surface area contributed by atoms with Gasteiger partial charge in [0.2, 0.25) is 0 Å². The third-order valence-corrected chi connectivity index (χ3v) is 2.86. The lowest BCUT2D eigenvalue weighted by Crippen LogP contribution is -2.04. The highest BCUT2D eigenvalue weighted by Crippen LogP contribution is 2.19. The van der Waals surface area contributed by atoms with Gasteiger partial charge < -0.3 is 5.73 Å². The molecule has 2 aromatic rings. The van der Waals surface area contributed by atoms with Gasteiger partial charge in [-0.25, -0.2) is 4.39 Å². The minimum atomic E-state index is -0.312. The van der Waals surface area contributed by atoms with E-state index in [1.807, 2.05) is 6.20 Å². The van der Waals surface area contributed by atoms with E-state index in [4.69, 9.17) is 17.3 Å². The Kier molecular flexibility index (Phi) is 3.76. The fraction of sp³-hybridized carbons (Fsp3) is 0.250. The first-order valence-electron chi connectivity index (χ1n) is 5.35. The molecular formula is C12H13ClFN3. The quantitative estimate of drug-likeness (QED) is 0.908. The van der Waals surface area contributed by atoms with E-state index >= 15 is 0 Å². The van der Waals surface area contributed by atoms with Crippen LogP contribution in [0.5, 0.6) is 0 Å². The second-order valence-corrected chi connectivity index (χ2v) is 4.19. The number of nitrogens with two attached hydrogens (primary N) is 1. The fourth-order valence-electron chi connectivity index (χ4n) is 1.63. The summed E-state index contributed by atoms with van der Waals surface area (Å²) < 4.78 is 15.2. The average Bonchev–Trinajstić information content (AvgIpc) is 2.72. The highest BCUT2D eigenvalue weighted by Gasteiger charge is 2.08. The molecule has 0 saturated carbocycles. The van der Waals surface area contributed by atoms with Gasteiger partial charge in [-0.05, 0) is 30.7 Å². The van der Waals surface area contributed by atoms with Crippen LogP contribution in [-0.4, -0.2) is 16.3 Å². The molecule has 0 atom stereocenters. The molecule has 0 bridgehead atoms. The lowest BCUT2D eigenvalue weighted by Gasteiger charge is -2.05. The zero-order valence-corrected chi connectivity index (χ0v) is 9.99. The van der Waals surface area contributed by atoms with Gasteiger partial charge >= 0.3 is 0 Å². The van der Waals surface area contributed by atoms with Gasteiger partial charge in [0.25, 0.3) is 0 Å². The van der Waals surface area contributed by atoms with Crippen molar-refractivity contribution < 1.29 is 4.39 Å². The van der Waals surface area contributed by atoms with Gasteiger partial charge in [-0.3, -0.25) is 4.68 Å². The second-order valence-electron chi connectivity index (χ2n) is 3.79. The van der Waals surface area contributed by atoms with Crippen LogP contribution in [0, 0.1) is 5.82 Å². The van der Waals surface area contributed by atoms with E-state index in [1.54, 1.807) is 23.0 Å². The molecule has 0 radical (unpaired) electrons. The molecule has 0 fully saturated rings. The molecule has 17 heavy (non-hydrogen) atoms. The normalized spacial score (nSPS) is 10.8. The molecule has 0 unspecified atom stereocenters. The van der Waals surface area contributed by atoms with E-state index in [0.717, 1.165) is 12.0 Å². The summed E-state index contributed by atoms with van der Waals surface area (Å²) in [5, 5.41) is 4.57. The summed E-state index contributed by atoms with van der Waals surface area (Å²) in [4.78, 5) is 0. The van der Waals surface area contributed by atoms with Crippen LogP contribution in [-0.2, 0) is 13.0 Å². The van der Waals surface area contributed by atoms with Gasteiger partial charge in [-0.2, -0.15) is 5.10 Å². The fourth-order valence-corrected chi connectivity index (χ4v) is 1.86. The summed E-state index contributed by atoms with van der Waals surface area (Å²) in [6.07, 6.45) is 4.36. The highest BCUT2D eigenvalue weighted by atomic mass is 35.5. The summed E-state index contributed by atoms with van der Waals surface area (Å²) >= 11 is 5.95. The summed E-state index contributed by atoms with van der Waals surface area (Å²) in [6.45, 7) is 0.905. The van der Waals surface area contributed by atoms with Crippen LogP contribution in [0.2, 0.25) is 5.02 Å². The Morgan fingerprint density at radius 2 is 2.24 bits per heavy atom. The second kappa shape index (κ2) is 5.29. The average molecular weight is 254 g/mol. The first-order chi connectivity index (χ1) is 8.20. The maximum absolute atomic E-state index is 13.5. The molecule has 0 saturated heterocycles. The van der Waals surface area contributed by atoms with Crippen molar-refractivity contribution in [2.24, 2.45) is 5.73 Å². The van der Waals surface area contributed by atoms with Gasteiger partial charge in [-0.1, -0.05) is 17.7 Å². The predicted octanol–water partition coefficient (Wildman–Crippen LogP) is 2.23. The maximum atomic E-state index is 13.5. The van der Waals surface area contributed by atoms with Crippen molar-refractivity contribution >= 4 is 11.6 Å². The molecular weight excluding hydrogens is 241 g/mol. The number of benzene rings is 1. The van der Waals surface area contributed by atoms with Crippen molar-refractivity contribution in [3.05, 3.63) is 52.6 Å². The monoisotopic (exact) mass is 253 g/mol. The number of nitrogens with zero attached hydrogens (tertiary/aromatic N) is 2. The number of halogens is 2. The molecule has 1 aromatic heterocycles. The minimum Gasteiger partial charge on any atom is -0.330 e. The Hall–Kier alpha value is -1.39. The largest absolute Gasteiger partial charge is 0.330 e. The first-order valence-corrected chi connectivity index (χ1v) is 5.73. The zero-order valence-electron chi connectivity index (χ0n) is 9.24. The van der Waals surface area contributed by atoms with Crippen molar-refractivity contribution in [2.75, 3.05) is 6.54 Å². The third-order valence-electron chi connectivity index (χ3n) is 2.50. The number of hydrogen-bond donors (Lipinski definition) is 1. The summed E-state index contributed by atoms with van der Waals surface area (Å²) in [6, 6.07) is 4.65. The van der Waals surface area contributed by atoms with E-state index in [0.29, 0.717) is 23.7 Å². The lowest BCUT2D eigenvalue weighted by molar-refractivity contribution is 0.585. The zero-order chi connectivity index (χ0) is 12.3. The van der Waals surface area contributed by atoms with Crippen molar-refractivity contribution in [3.63, 3.8) is 0 Å². The SMILES string of the molecule is NCCc1cnn(Cc2c(F)cccc2Cl)c1. The van der Waals surface area contributed by atoms with Crippen LogP contribution in [0.15, 0.2) is 30.6 Å². The number of rotatable bonds is 4. The molecule has 1 heterocycles. The van der Waals surface area contributed by atoms with Crippen molar-refractivity contribution in [3.8, 4) is 0 Å². The smallest absolute Gasteiger partial charge is 0.129 e. The molecule has 5 heteroatoms. The minimum absolute atomic E-state index is 0.312. The molecule has 2 N–H and O–H groups in total. The maximum Gasteiger partial charge on any atom is 0.129 e.